The van der Waals surface area contributed by atoms with Crippen LogP contribution in [-0.4, -0.2) is 49.6 Å². The monoisotopic (exact) mass is 326 g/mol. The molecule has 22 heavy (non-hydrogen) atoms. The average molecular weight is 326 g/mol. The molecule has 1 aromatic rings. The molecule has 1 aliphatic heterocycles. The molecule has 0 N–H and O–H groups in total. The molecule has 6 heteroatoms. The maximum atomic E-state index is 5.82. The highest BCUT2D eigenvalue weighted by Crippen LogP contribution is 2.40. The third-order valence-electron chi connectivity index (χ3n) is 3.40. The molecule has 1 saturated heterocycles. The fourth-order valence-electron chi connectivity index (χ4n) is 2.27. The number of epoxide rings is 1. The third-order valence-corrected chi connectivity index (χ3v) is 3.84. The lowest BCUT2D eigenvalue weighted by molar-refractivity contribution is 0.114. The minimum absolute atomic E-state index is 0.327. The molecular formula is C16H26O5Si. The molecular weight excluding hydrogens is 300 g/mol. The Morgan fingerprint density at radius 1 is 1.18 bits per heavy atom. The number of hydrogen-bond acceptors (Lipinski definition) is 5. The molecule has 1 atom stereocenters. The van der Waals surface area contributed by atoms with Crippen LogP contribution in [0.2, 0.25) is 0 Å². The molecule has 1 aromatic carbocycles. The van der Waals surface area contributed by atoms with Gasteiger partial charge in [-0.2, -0.15) is 0 Å². The van der Waals surface area contributed by atoms with Gasteiger partial charge < -0.3 is 23.4 Å². The Labute approximate surface area is 135 Å². The Balaban J connectivity index is 1.98. The van der Waals surface area contributed by atoms with Gasteiger partial charge in [-0.25, -0.2) is 0 Å². The lowest BCUT2D eigenvalue weighted by Crippen LogP contribution is -2.06. The lowest BCUT2D eigenvalue weighted by Gasteiger charge is -2.18. The van der Waals surface area contributed by atoms with E-state index < -0.39 is 0 Å². The summed E-state index contributed by atoms with van der Waals surface area (Å²) in [6.45, 7) is 7.41. The van der Waals surface area contributed by atoms with E-state index in [0.717, 1.165) is 48.9 Å². The Hall–Kier alpha value is -1.24. The normalized spacial score (nSPS) is 16.5. The molecule has 5 nitrogen and oxygen atoms in total. The Morgan fingerprint density at radius 2 is 1.91 bits per heavy atom. The zero-order valence-corrected chi connectivity index (χ0v) is 15.7. The molecule has 0 amide bonds. The van der Waals surface area contributed by atoms with E-state index in [1.807, 2.05) is 19.9 Å². The largest absolute Gasteiger partial charge is 0.551 e. The van der Waals surface area contributed by atoms with E-state index in [0.29, 0.717) is 36.4 Å². The van der Waals surface area contributed by atoms with Gasteiger partial charge in [-0.05, 0) is 38.3 Å². The summed E-state index contributed by atoms with van der Waals surface area (Å²) in [7, 11) is 0.623. The average Bonchev–Trinajstić information content (AvgIpc) is 3.34. The number of ether oxygens (including phenoxy) is 4. The van der Waals surface area contributed by atoms with Gasteiger partial charge in [0, 0.05) is 6.61 Å². The topological polar surface area (TPSA) is 49.5 Å². The highest BCUT2D eigenvalue weighted by atomic mass is 28.2. The number of hydrogen-bond donors (Lipinski definition) is 0. The second-order valence-electron chi connectivity index (χ2n) is 5.09. The van der Waals surface area contributed by atoms with Crippen molar-refractivity contribution in [3.8, 4) is 17.2 Å². The fourth-order valence-corrected chi connectivity index (χ4v) is 2.59. The fraction of sp³-hybridized carbons (Fsp3) is 0.625. The molecule has 0 saturated carbocycles. The summed E-state index contributed by atoms with van der Waals surface area (Å²) in [6.07, 6.45) is 2.16. The molecule has 1 unspecified atom stereocenters. The van der Waals surface area contributed by atoms with E-state index in [9.17, 15) is 0 Å². The van der Waals surface area contributed by atoms with Crippen molar-refractivity contribution in [3.63, 3.8) is 0 Å². The van der Waals surface area contributed by atoms with Crippen molar-refractivity contribution in [2.24, 2.45) is 0 Å². The second-order valence-corrected chi connectivity index (χ2v) is 5.49. The summed E-state index contributed by atoms with van der Waals surface area (Å²) in [5.41, 5.74) is 1.14. The zero-order chi connectivity index (χ0) is 15.8. The number of benzene rings is 1. The van der Waals surface area contributed by atoms with Gasteiger partial charge in [0.15, 0.2) is 5.75 Å². The van der Waals surface area contributed by atoms with Gasteiger partial charge in [0.1, 0.15) is 11.9 Å². The molecule has 0 spiro atoms. The van der Waals surface area contributed by atoms with Crippen LogP contribution in [-0.2, 0) is 15.9 Å². The van der Waals surface area contributed by atoms with Crippen molar-refractivity contribution in [1.82, 2.24) is 0 Å². The Morgan fingerprint density at radius 3 is 2.55 bits per heavy atom. The van der Waals surface area contributed by atoms with Crippen LogP contribution in [0.5, 0.6) is 17.2 Å². The minimum Gasteiger partial charge on any atom is -0.551 e. The molecule has 1 fully saturated rings. The van der Waals surface area contributed by atoms with Crippen LogP contribution in [0.15, 0.2) is 12.1 Å². The van der Waals surface area contributed by atoms with Gasteiger partial charge in [0.05, 0.1) is 26.4 Å². The van der Waals surface area contributed by atoms with Gasteiger partial charge in [-0.1, -0.05) is 6.07 Å². The van der Waals surface area contributed by atoms with Crippen LogP contribution in [0.1, 0.15) is 25.8 Å². The summed E-state index contributed by atoms with van der Waals surface area (Å²) in [5.74, 6) is 2.30. The first-order chi connectivity index (χ1) is 10.8. The van der Waals surface area contributed by atoms with Crippen LogP contribution in [0.4, 0.5) is 0 Å². The summed E-state index contributed by atoms with van der Waals surface area (Å²) in [4.78, 5) is 0. The van der Waals surface area contributed by atoms with Crippen LogP contribution in [0, 0.1) is 0 Å². The van der Waals surface area contributed by atoms with Gasteiger partial charge in [-0.15, -0.1) is 0 Å². The molecule has 1 heterocycles. The van der Waals surface area contributed by atoms with Gasteiger partial charge in [0.2, 0.25) is 16.2 Å². The summed E-state index contributed by atoms with van der Waals surface area (Å²) >= 11 is 0. The first kappa shape index (κ1) is 17.1. The maximum absolute atomic E-state index is 5.82. The highest BCUT2D eigenvalue weighted by Gasteiger charge is 2.22. The predicted molar refractivity (Wildman–Crippen MR) is 88.2 cm³/mol. The van der Waals surface area contributed by atoms with Crippen LogP contribution >= 0.6 is 0 Å². The van der Waals surface area contributed by atoms with Crippen molar-refractivity contribution in [2.75, 3.05) is 33.0 Å². The third kappa shape index (κ3) is 4.90. The van der Waals surface area contributed by atoms with Gasteiger partial charge in [-0.3, -0.25) is 0 Å². The van der Waals surface area contributed by atoms with Crippen molar-refractivity contribution in [3.05, 3.63) is 17.7 Å². The molecule has 0 aromatic heterocycles. The van der Waals surface area contributed by atoms with Crippen LogP contribution in [0.3, 0.4) is 0 Å². The molecule has 2 rings (SSSR count). The van der Waals surface area contributed by atoms with Gasteiger partial charge in [0.25, 0.3) is 0 Å². The van der Waals surface area contributed by atoms with E-state index in [-0.39, 0.29) is 0 Å². The standard InChI is InChI=1S/C16H26O5Si/c1-3-18-15-12(6-5-9-17-10-13-11-20-13)7-8-14(21-22)16(15)19-4-2/h7-8,13H,3-6,9-11H2,1-2,22H3. The zero-order valence-electron chi connectivity index (χ0n) is 13.7. The summed E-state index contributed by atoms with van der Waals surface area (Å²) < 4.78 is 27.8. The highest BCUT2D eigenvalue weighted by molar-refractivity contribution is 6.00. The SMILES string of the molecule is CCOc1c(CCCOCC2CO2)ccc(O[SiH3])c1OCC. The second kappa shape index (κ2) is 9.02. The molecule has 124 valence electrons. The summed E-state index contributed by atoms with van der Waals surface area (Å²) in [6, 6.07) is 4.03. The smallest absolute Gasteiger partial charge is 0.204 e. The lowest BCUT2D eigenvalue weighted by atomic mass is 10.1. The quantitative estimate of drug-likeness (QED) is 0.350. The van der Waals surface area contributed by atoms with Crippen molar-refractivity contribution in [2.45, 2.75) is 32.8 Å². The van der Waals surface area contributed by atoms with Crippen LogP contribution in [0.25, 0.3) is 0 Å². The Bertz CT molecular complexity index is 462. The summed E-state index contributed by atoms with van der Waals surface area (Å²) in [5, 5.41) is 0. The van der Waals surface area contributed by atoms with E-state index in [1.165, 1.54) is 0 Å². The van der Waals surface area contributed by atoms with E-state index in [1.54, 1.807) is 0 Å². The van der Waals surface area contributed by atoms with E-state index in [2.05, 4.69) is 6.07 Å². The van der Waals surface area contributed by atoms with Gasteiger partial charge >= 0.3 is 0 Å². The molecule has 0 radical (unpaired) electrons. The predicted octanol–water partition coefficient (Wildman–Crippen LogP) is 1.49. The van der Waals surface area contributed by atoms with Crippen molar-refractivity contribution >= 4 is 10.5 Å². The van der Waals surface area contributed by atoms with E-state index >= 15 is 0 Å². The molecule has 1 aliphatic rings. The van der Waals surface area contributed by atoms with Crippen LogP contribution < -0.4 is 13.9 Å². The number of rotatable bonds is 11. The Kier molecular flexibility index (Phi) is 7.02. The number of aryl methyl sites for hydroxylation is 1. The molecule has 0 aliphatic carbocycles. The first-order valence-electron chi connectivity index (χ1n) is 7.94. The maximum Gasteiger partial charge on any atom is 0.204 e. The first-order valence-corrected chi connectivity index (χ1v) is 8.76. The minimum atomic E-state index is 0.327. The molecule has 0 bridgehead atoms. The van der Waals surface area contributed by atoms with E-state index in [4.69, 9.17) is 23.4 Å². The van der Waals surface area contributed by atoms with Crippen molar-refractivity contribution < 1.29 is 23.4 Å². The van der Waals surface area contributed by atoms with Crippen molar-refractivity contribution in [1.29, 1.82) is 0 Å².